The summed E-state index contributed by atoms with van der Waals surface area (Å²) >= 11 is 0. The van der Waals surface area contributed by atoms with Gasteiger partial charge in [0, 0.05) is 23.5 Å². The van der Waals surface area contributed by atoms with Crippen molar-refractivity contribution in [2.75, 3.05) is 6.61 Å². The maximum atomic E-state index is 11.9. The van der Waals surface area contributed by atoms with Crippen molar-refractivity contribution in [3.63, 3.8) is 0 Å². The molecule has 7 heteroatoms. The molecule has 7 nitrogen and oxygen atoms in total. The Morgan fingerprint density at radius 1 is 1.21 bits per heavy atom. The van der Waals surface area contributed by atoms with Crippen LogP contribution < -0.4 is 0 Å². The second-order valence-corrected chi connectivity index (χ2v) is 6.79. The number of nitrogens with zero attached hydrogens (tertiary/aromatic N) is 4. The van der Waals surface area contributed by atoms with Crippen molar-refractivity contribution >= 4 is 17.1 Å². The number of benzene rings is 1. The van der Waals surface area contributed by atoms with Crippen LogP contribution >= 0.6 is 0 Å². The van der Waals surface area contributed by atoms with Crippen LogP contribution in [0.25, 0.3) is 33.7 Å². The number of hydrogen-bond donors (Lipinski definition) is 0. The molecule has 3 aromatic heterocycles. The average molecular weight is 374 g/mol. The molecule has 0 bridgehead atoms. The number of ether oxygens (including phenoxy) is 1. The van der Waals surface area contributed by atoms with E-state index in [1.165, 1.54) is 12.8 Å². The third kappa shape index (κ3) is 3.05. The molecule has 5 rings (SSSR count). The summed E-state index contributed by atoms with van der Waals surface area (Å²) in [6.45, 7) is 2.06. The van der Waals surface area contributed by atoms with E-state index in [1.54, 1.807) is 25.3 Å². The molecule has 0 radical (unpaired) electrons. The van der Waals surface area contributed by atoms with Gasteiger partial charge in [-0.25, -0.2) is 14.8 Å². The molecule has 1 saturated carbocycles. The molecule has 140 valence electrons. The van der Waals surface area contributed by atoms with E-state index in [1.807, 2.05) is 29.1 Å². The van der Waals surface area contributed by atoms with Gasteiger partial charge in [0.1, 0.15) is 11.2 Å². The zero-order valence-corrected chi connectivity index (χ0v) is 15.3. The van der Waals surface area contributed by atoms with Crippen molar-refractivity contribution in [2.24, 2.45) is 0 Å². The van der Waals surface area contributed by atoms with Crippen molar-refractivity contribution in [1.29, 1.82) is 0 Å². The van der Waals surface area contributed by atoms with Crippen LogP contribution in [0.15, 0.2) is 53.3 Å². The van der Waals surface area contributed by atoms with Gasteiger partial charge >= 0.3 is 5.97 Å². The van der Waals surface area contributed by atoms with Gasteiger partial charge in [0.2, 0.25) is 5.89 Å². The van der Waals surface area contributed by atoms with E-state index in [9.17, 15) is 4.79 Å². The smallest absolute Gasteiger partial charge is 0.356 e. The molecule has 1 aliphatic rings. The monoisotopic (exact) mass is 374 g/mol. The number of aromatic nitrogens is 4. The van der Waals surface area contributed by atoms with Crippen LogP contribution in [0.1, 0.15) is 36.3 Å². The standard InChI is InChI=1S/C21H18N4O3/c1-2-27-21(26)18-10-14(7-8-22-18)20-24-17-9-13(3-6-19(17)28-20)15-11-23-25(12-15)16-4-5-16/h3,6-12,16H,2,4-5H2,1H3. The fourth-order valence-corrected chi connectivity index (χ4v) is 3.14. The first-order valence-electron chi connectivity index (χ1n) is 9.30. The predicted molar refractivity (Wildman–Crippen MR) is 103 cm³/mol. The summed E-state index contributed by atoms with van der Waals surface area (Å²) in [6, 6.07) is 9.84. The third-order valence-electron chi connectivity index (χ3n) is 4.73. The molecule has 3 heterocycles. The summed E-state index contributed by atoms with van der Waals surface area (Å²) in [5.74, 6) is -0.0239. The third-order valence-corrected chi connectivity index (χ3v) is 4.73. The second-order valence-electron chi connectivity index (χ2n) is 6.79. The highest BCUT2D eigenvalue weighted by Gasteiger charge is 2.24. The first-order valence-corrected chi connectivity index (χ1v) is 9.30. The number of carbonyl (C=O) groups is 1. The van der Waals surface area contributed by atoms with E-state index in [0.717, 1.165) is 16.6 Å². The molecule has 4 aromatic rings. The first-order chi connectivity index (χ1) is 13.7. The molecule has 0 amide bonds. The van der Waals surface area contributed by atoms with Gasteiger partial charge in [0.25, 0.3) is 0 Å². The van der Waals surface area contributed by atoms with Gasteiger partial charge in [-0.05, 0) is 49.6 Å². The summed E-state index contributed by atoms with van der Waals surface area (Å²) < 4.78 is 12.9. The van der Waals surface area contributed by atoms with Crippen LogP contribution in [0, 0.1) is 0 Å². The predicted octanol–water partition coefficient (Wildman–Crippen LogP) is 4.26. The van der Waals surface area contributed by atoms with Crippen LogP contribution in [0.4, 0.5) is 0 Å². The molecule has 28 heavy (non-hydrogen) atoms. The SMILES string of the molecule is CCOC(=O)c1cc(-c2nc3cc(-c4cnn(C5CC5)c4)ccc3o2)ccn1. The van der Waals surface area contributed by atoms with Gasteiger partial charge in [-0.2, -0.15) is 5.10 Å². The first kappa shape index (κ1) is 16.7. The molecule has 0 saturated heterocycles. The number of rotatable bonds is 5. The minimum Gasteiger partial charge on any atom is -0.461 e. The molecule has 0 N–H and O–H groups in total. The van der Waals surface area contributed by atoms with E-state index in [4.69, 9.17) is 9.15 Å². The quantitative estimate of drug-likeness (QED) is 0.485. The highest BCUT2D eigenvalue weighted by Crippen LogP contribution is 2.35. The lowest BCUT2D eigenvalue weighted by Crippen LogP contribution is -2.06. The average Bonchev–Trinajstić information content (AvgIpc) is 3.29. The summed E-state index contributed by atoms with van der Waals surface area (Å²) in [5, 5.41) is 4.45. The van der Waals surface area contributed by atoms with Gasteiger partial charge in [-0.1, -0.05) is 6.07 Å². The maximum Gasteiger partial charge on any atom is 0.356 e. The molecule has 0 atom stereocenters. The topological polar surface area (TPSA) is 83.0 Å². The minimum atomic E-state index is -0.463. The maximum absolute atomic E-state index is 11.9. The number of esters is 1. The highest BCUT2D eigenvalue weighted by atomic mass is 16.5. The van der Waals surface area contributed by atoms with E-state index in [2.05, 4.69) is 21.3 Å². The molecule has 1 fully saturated rings. The van der Waals surface area contributed by atoms with Gasteiger partial charge in [-0.15, -0.1) is 0 Å². The van der Waals surface area contributed by atoms with E-state index in [-0.39, 0.29) is 5.69 Å². The normalized spacial score (nSPS) is 13.8. The van der Waals surface area contributed by atoms with Crippen molar-refractivity contribution in [3.8, 4) is 22.6 Å². The second kappa shape index (κ2) is 6.60. The van der Waals surface area contributed by atoms with Crippen LogP contribution in [0.3, 0.4) is 0 Å². The van der Waals surface area contributed by atoms with Crippen molar-refractivity contribution < 1.29 is 13.9 Å². The largest absolute Gasteiger partial charge is 0.461 e. The molecular weight excluding hydrogens is 356 g/mol. The summed E-state index contributed by atoms with van der Waals surface area (Å²) in [5.41, 5.74) is 4.45. The van der Waals surface area contributed by atoms with Gasteiger partial charge in [-0.3, -0.25) is 4.68 Å². The zero-order chi connectivity index (χ0) is 19.1. The lowest BCUT2D eigenvalue weighted by Gasteiger charge is -2.01. The van der Waals surface area contributed by atoms with Gasteiger partial charge in [0.15, 0.2) is 5.58 Å². The van der Waals surface area contributed by atoms with Crippen molar-refractivity contribution in [2.45, 2.75) is 25.8 Å². The number of fused-ring (bicyclic) bond motifs is 1. The molecular formula is C21H18N4O3. The Labute approximate surface area is 161 Å². The number of carbonyl (C=O) groups excluding carboxylic acids is 1. The Kier molecular flexibility index (Phi) is 3.93. The number of oxazole rings is 1. The summed E-state index contributed by atoms with van der Waals surface area (Å²) in [4.78, 5) is 20.6. The lowest BCUT2D eigenvalue weighted by molar-refractivity contribution is 0.0519. The Morgan fingerprint density at radius 2 is 2.11 bits per heavy atom. The van der Waals surface area contributed by atoms with E-state index < -0.39 is 5.97 Å². The molecule has 0 spiro atoms. The van der Waals surface area contributed by atoms with Crippen LogP contribution in [-0.4, -0.2) is 32.3 Å². The highest BCUT2D eigenvalue weighted by molar-refractivity contribution is 5.89. The van der Waals surface area contributed by atoms with Gasteiger partial charge in [0.05, 0.1) is 18.8 Å². The molecule has 1 aromatic carbocycles. The molecule has 0 aliphatic heterocycles. The Balaban J connectivity index is 1.48. The van der Waals surface area contributed by atoms with E-state index >= 15 is 0 Å². The van der Waals surface area contributed by atoms with Gasteiger partial charge < -0.3 is 9.15 Å². The lowest BCUT2D eigenvalue weighted by atomic mass is 10.1. The fourth-order valence-electron chi connectivity index (χ4n) is 3.14. The Bertz CT molecular complexity index is 1170. The van der Waals surface area contributed by atoms with Crippen molar-refractivity contribution in [1.82, 2.24) is 19.7 Å². The Hall–Kier alpha value is -3.48. The van der Waals surface area contributed by atoms with Crippen LogP contribution in [0.2, 0.25) is 0 Å². The minimum absolute atomic E-state index is 0.231. The molecule has 1 aliphatic carbocycles. The zero-order valence-electron chi connectivity index (χ0n) is 15.3. The fraction of sp³-hybridized carbons (Fsp3) is 0.238. The number of pyridine rings is 1. The van der Waals surface area contributed by atoms with Crippen LogP contribution in [0.5, 0.6) is 0 Å². The molecule has 0 unspecified atom stereocenters. The number of hydrogen-bond acceptors (Lipinski definition) is 6. The van der Waals surface area contributed by atoms with Crippen LogP contribution in [-0.2, 0) is 4.74 Å². The van der Waals surface area contributed by atoms with E-state index in [0.29, 0.717) is 29.7 Å². The summed E-state index contributed by atoms with van der Waals surface area (Å²) in [7, 11) is 0. The van der Waals surface area contributed by atoms with Crippen molar-refractivity contribution in [3.05, 3.63) is 54.6 Å². The Morgan fingerprint density at radius 3 is 2.93 bits per heavy atom. The summed E-state index contributed by atoms with van der Waals surface area (Å²) in [6.07, 6.45) is 7.91.